The Labute approximate surface area is 117 Å². The largest absolute Gasteiger partial charge is 0.462 e. The second kappa shape index (κ2) is 7.89. The molecule has 0 aromatic heterocycles. The van der Waals surface area contributed by atoms with Gasteiger partial charge in [0.15, 0.2) is 0 Å². The van der Waals surface area contributed by atoms with Gasteiger partial charge in [-0.05, 0) is 37.6 Å². The molecule has 5 nitrogen and oxygen atoms in total. The molecular formula is C15H16O5. The number of rotatable bonds is 7. The number of benzene rings is 1. The Morgan fingerprint density at radius 2 is 1.90 bits per heavy atom. The van der Waals surface area contributed by atoms with Gasteiger partial charge in [-0.2, -0.15) is 0 Å². The maximum Gasteiger partial charge on any atom is 0.333 e. The smallest absolute Gasteiger partial charge is 0.333 e. The molecular weight excluding hydrogens is 260 g/mol. The van der Waals surface area contributed by atoms with Gasteiger partial charge in [-0.25, -0.2) is 4.79 Å². The van der Waals surface area contributed by atoms with Gasteiger partial charge in [0.05, 0.1) is 6.61 Å². The summed E-state index contributed by atoms with van der Waals surface area (Å²) in [5, 5.41) is 0. The van der Waals surface area contributed by atoms with Crippen LogP contribution in [-0.2, 0) is 14.3 Å². The highest BCUT2D eigenvalue weighted by molar-refractivity contribution is 5.86. The van der Waals surface area contributed by atoms with Crippen molar-refractivity contribution in [2.24, 2.45) is 0 Å². The monoisotopic (exact) mass is 276 g/mol. The molecule has 0 fully saturated rings. The molecule has 0 saturated carbocycles. The molecule has 0 unspecified atom stereocenters. The van der Waals surface area contributed by atoms with E-state index in [9.17, 15) is 14.4 Å². The number of carbonyl (C=O) groups excluding carboxylic acids is 3. The summed E-state index contributed by atoms with van der Waals surface area (Å²) in [6, 6.07) is 6.21. The van der Waals surface area contributed by atoms with Crippen LogP contribution in [0.2, 0.25) is 0 Å². The second-order valence-corrected chi connectivity index (χ2v) is 4.18. The summed E-state index contributed by atoms with van der Waals surface area (Å²) in [5.74, 6) is -0.516. The normalized spacial score (nSPS) is 9.65. The van der Waals surface area contributed by atoms with Gasteiger partial charge in [-0.15, -0.1) is 0 Å². The van der Waals surface area contributed by atoms with Crippen LogP contribution in [0.25, 0.3) is 0 Å². The zero-order valence-corrected chi connectivity index (χ0v) is 11.3. The van der Waals surface area contributed by atoms with Crippen molar-refractivity contribution in [1.82, 2.24) is 0 Å². The van der Waals surface area contributed by atoms with Crippen molar-refractivity contribution in [3.8, 4) is 5.75 Å². The highest BCUT2D eigenvalue weighted by Crippen LogP contribution is 2.12. The molecule has 1 aromatic carbocycles. The minimum atomic E-state index is -0.470. The molecule has 0 heterocycles. The standard InChI is InChI=1S/C15H16O5/c1-11(2)15(18)19-9-3-4-14(17)20-13-7-5-12(10-16)6-8-13/h5-8,10H,1,3-4,9H2,2H3. The first-order valence-electron chi connectivity index (χ1n) is 6.11. The van der Waals surface area contributed by atoms with Crippen LogP contribution in [0.5, 0.6) is 5.75 Å². The third-order valence-corrected chi connectivity index (χ3v) is 2.35. The Balaban J connectivity index is 2.27. The van der Waals surface area contributed by atoms with Gasteiger partial charge in [-0.3, -0.25) is 9.59 Å². The van der Waals surface area contributed by atoms with Crippen molar-refractivity contribution < 1.29 is 23.9 Å². The summed E-state index contributed by atoms with van der Waals surface area (Å²) >= 11 is 0. The summed E-state index contributed by atoms with van der Waals surface area (Å²) in [6.45, 7) is 5.15. The maximum absolute atomic E-state index is 11.5. The minimum Gasteiger partial charge on any atom is -0.462 e. The number of hydrogen-bond acceptors (Lipinski definition) is 5. The average Bonchev–Trinajstić information content (AvgIpc) is 2.44. The minimum absolute atomic E-state index is 0.138. The van der Waals surface area contributed by atoms with Gasteiger partial charge < -0.3 is 9.47 Å². The van der Waals surface area contributed by atoms with Crippen molar-refractivity contribution in [2.75, 3.05) is 6.61 Å². The summed E-state index contributed by atoms with van der Waals surface area (Å²) in [5.41, 5.74) is 0.833. The van der Waals surface area contributed by atoms with E-state index in [-0.39, 0.29) is 13.0 Å². The van der Waals surface area contributed by atoms with E-state index in [0.717, 1.165) is 0 Å². The lowest BCUT2D eigenvalue weighted by atomic mass is 10.2. The van der Waals surface area contributed by atoms with Crippen molar-refractivity contribution in [1.29, 1.82) is 0 Å². The van der Waals surface area contributed by atoms with Gasteiger partial charge in [-0.1, -0.05) is 6.58 Å². The molecule has 5 heteroatoms. The second-order valence-electron chi connectivity index (χ2n) is 4.18. The van der Waals surface area contributed by atoms with E-state index in [4.69, 9.17) is 9.47 Å². The molecule has 0 aliphatic heterocycles. The Kier molecular flexibility index (Phi) is 6.16. The van der Waals surface area contributed by atoms with Gasteiger partial charge in [0, 0.05) is 17.6 Å². The predicted molar refractivity (Wildman–Crippen MR) is 72.5 cm³/mol. The van der Waals surface area contributed by atoms with Crippen LogP contribution in [0.3, 0.4) is 0 Å². The molecule has 0 atom stereocenters. The quantitative estimate of drug-likeness (QED) is 0.251. The third-order valence-electron chi connectivity index (χ3n) is 2.35. The summed E-state index contributed by atoms with van der Waals surface area (Å²) in [4.78, 5) is 33.0. The molecule has 106 valence electrons. The number of carbonyl (C=O) groups is 3. The molecule has 0 saturated heterocycles. The highest BCUT2D eigenvalue weighted by Gasteiger charge is 2.07. The summed E-state index contributed by atoms with van der Waals surface area (Å²) in [6.07, 6.45) is 1.23. The van der Waals surface area contributed by atoms with Crippen molar-refractivity contribution >= 4 is 18.2 Å². The van der Waals surface area contributed by atoms with Crippen LogP contribution < -0.4 is 4.74 Å². The Morgan fingerprint density at radius 1 is 1.25 bits per heavy atom. The molecule has 1 aromatic rings. The molecule has 0 bridgehead atoms. The average molecular weight is 276 g/mol. The van der Waals surface area contributed by atoms with Gasteiger partial charge >= 0.3 is 11.9 Å². The number of aldehydes is 1. The molecule has 0 N–H and O–H groups in total. The van der Waals surface area contributed by atoms with Crippen LogP contribution in [0.1, 0.15) is 30.1 Å². The zero-order valence-electron chi connectivity index (χ0n) is 11.3. The molecule has 1 rings (SSSR count). The van der Waals surface area contributed by atoms with E-state index in [1.165, 1.54) is 0 Å². The lowest BCUT2D eigenvalue weighted by Gasteiger charge is -2.05. The maximum atomic E-state index is 11.5. The summed E-state index contributed by atoms with van der Waals surface area (Å²) < 4.78 is 9.90. The molecule has 0 aliphatic rings. The van der Waals surface area contributed by atoms with Crippen LogP contribution in [0.4, 0.5) is 0 Å². The molecule has 0 spiro atoms. The fourth-order valence-electron chi connectivity index (χ4n) is 1.30. The highest BCUT2D eigenvalue weighted by atomic mass is 16.5. The lowest BCUT2D eigenvalue weighted by Crippen LogP contribution is -2.11. The van der Waals surface area contributed by atoms with Crippen molar-refractivity contribution in [3.05, 3.63) is 42.0 Å². The van der Waals surface area contributed by atoms with Gasteiger partial charge in [0.1, 0.15) is 12.0 Å². The first-order valence-corrected chi connectivity index (χ1v) is 6.11. The topological polar surface area (TPSA) is 69.7 Å². The zero-order chi connectivity index (χ0) is 15.0. The third kappa shape index (κ3) is 5.48. The van der Waals surface area contributed by atoms with E-state index in [1.54, 1.807) is 31.2 Å². The number of esters is 2. The van der Waals surface area contributed by atoms with E-state index in [0.29, 0.717) is 29.6 Å². The number of ether oxygens (including phenoxy) is 2. The van der Waals surface area contributed by atoms with Gasteiger partial charge in [0.2, 0.25) is 0 Å². The predicted octanol–water partition coefficient (Wildman–Crippen LogP) is 2.30. The lowest BCUT2D eigenvalue weighted by molar-refractivity contribution is -0.141. The van der Waals surface area contributed by atoms with Crippen LogP contribution in [-0.4, -0.2) is 24.8 Å². The van der Waals surface area contributed by atoms with Gasteiger partial charge in [0.25, 0.3) is 0 Å². The first kappa shape index (κ1) is 15.6. The van der Waals surface area contributed by atoms with Crippen LogP contribution in [0.15, 0.2) is 36.4 Å². The first-order chi connectivity index (χ1) is 9.52. The molecule has 20 heavy (non-hydrogen) atoms. The van der Waals surface area contributed by atoms with Crippen molar-refractivity contribution in [3.63, 3.8) is 0 Å². The Hall–Kier alpha value is -2.43. The van der Waals surface area contributed by atoms with E-state index in [1.807, 2.05) is 0 Å². The fourth-order valence-corrected chi connectivity index (χ4v) is 1.30. The van der Waals surface area contributed by atoms with E-state index < -0.39 is 11.9 Å². The van der Waals surface area contributed by atoms with Crippen molar-refractivity contribution in [2.45, 2.75) is 19.8 Å². The Bertz CT molecular complexity index is 502. The molecule has 0 amide bonds. The van der Waals surface area contributed by atoms with E-state index in [2.05, 4.69) is 6.58 Å². The molecule has 0 radical (unpaired) electrons. The van der Waals surface area contributed by atoms with Crippen LogP contribution >= 0.6 is 0 Å². The number of hydrogen-bond donors (Lipinski definition) is 0. The SMILES string of the molecule is C=C(C)C(=O)OCCCC(=O)Oc1ccc(C=O)cc1. The summed E-state index contributed by atoms with van der Waals surface area (Å²) in [7, 11) is 0. The van der Waals surface area contributed by atoms with Crippen LogP contribution in [0, 0.1) is 0 Å². The Morgan fingerprint density at radius 3 is 2.45 bits per heavy atom. The van der Waals surface area contributed by atoms with E-state index >= 15 is 0 Å². The molecule has 0 aliphatic carbocycles. The fraction of sp³-hybridized carbons (Fsp3) is 0.267.